The van der Waals surface area contributed by atoms with Crippen molar-refractivity contribution in [1.82, 2.24) is 10.2 Å². The molecule has 1 N–H and O–H groups in total. The van der Waals surface area contributed by atoms with Gasteiger partial charge in [0.15, 0.2) is 0 Å². The number of benzene rings is 1. The second-order valence-corrected chi connectivity index (χ2v) is 5.52. The molecule has 1 aliphatic heterocycles. The Labute approximate surface area is 132 Å². The second-order valence-electron chi connectivity index (χ2n) is 5.52. The lowest BCUT2D eigenvalue weighted by molar-refractivity contribution is -0.385. The van der Waals surface area contributed by atoms with E-state index >= 15 is 0 Å². The summed E-state index contributed by atoms with van der Waals surface area (Å²) in [5.41, 5.74) is -0.780. The largest absolute Gasteiger partial charge is 0.350 e. The maximum Gasteiger partial charge on any atom is 0.282 e. The number of halogens is 1. The van der Waals surface area contributed by atoms with Crippen LogP contribution in [0.15, 0.2) is 18.2 Å². The topological polar surface area (TPSA) is 92.5 Å². The highest BCUT2D eigenvalue weighted by molar-refractivity contribution is 5.98. The maximum absolute atomic E-state index is 13.3. The fourth-order valence-electron chi connectivity index (χ4n) is 2.59. The van der Waals surface area contributed by atoms with Gasteiger partial charge in [0, 0.05) is 31.6 Å². The van der Waals surface area contributed by atoms with Crippen LogP contribution in [0.5, 0.6) is 0 Å². The molecule has 0 aliphatic carbocycles. The number of nitrogens with one attached hydrogen (secondary N) is 1. The van der Waals surface area contributed by atoms with Gasteiger partial charge in [0.25, 0.3) is 11.6 Å². The third kappa shape index (κ3) is 4.02. The van der Waals surface area contributed by atoms with Gasteiger partial charge in [0.05, 0.1) is 4.92 Å². The molecule has 8 heteroatoms. The van der Waals surface area contributed by atoms with E-state index in [4.69, 9.17) is 0 Å². The minimum Gasteiger partial charge on any atom is -0.350 e. The lowest BCUT2D eigenvalue weighted by Gasteiger charge is -2.32. The normalized spacial score (nSPS) is 16.1. The summed E-state index contributed by atoms with van der Waals surface area (Å²) in [5.74, 6) is -1.41. The van der Waals surface area contributed by atoms with Crippen LogP contribution >= 0.6 is 0 Å². The molecule has 23 heavy (non-hydrogen) atoms. The summed E-state index contributed by atoms with van der Waals surface area (Å²) >= 11 is 0. The number of carbonyl (C=O) groups is 2. The fourth-order valence-corrected chi connectivity index (χ4v) is 2.59. The molecule has 1 fully saturated rings. The Balaban J connectivity index is 2.03. The number of nitro benzene ring substituents is 1. The maximum atomic E-state index is 13.3. The quantitative estimate of drug-likeness (QED) is 0.661. The SMILES string of the molecule is CC(CNC(=O)c1cc(F)ccc1[N+](=O)[O-])N1CCCCC1=O. The standard InChI is InChI=1S/C15H18FN3O4/c1-10(18-7-3-2-4-14(18)20)9-17-15(21)12-8-11(16)5-6-13(12)19(22)23/h5-6,8,10H,2-4,7,9H2,1H3,(H,17,21). The smallest absolute Gasteiger partial charge is 0.282 e. The van der Waals surface area contributed by atoms with Crippen molar-refractivity contribution in [3.05, 3.63) is 39.7 Å². The molecule has 1 unspecified atom stereocenters. The van der Waals surface area contributed by atoms with E-state index in [1.807, 2.05) is 0 Å². The third-order valence-electron chi connectivity index (χ3n) is 3.85. The van der Waals surface area contributed by atoms with Crippen LogP contribution in [0, 0.1) is 15.9 Å². The highest BCUT2D eigenvalue weighted by atomic mass is 19.1. The van der Waals surface area contributed by atoms with Gasteiger partial charge in [-0.3, -0.25) is 19.7 Å². The monoisotopic (exact) mass is 323 g/mol. The number of piperidine rings is 1. The molecular weight excluding hydrogens is 305 g/mol. The van der Waals surface area contributed by atoms with E-state index in [0.29, 0.717) is 13.0 Å². The van der Waals surface area contributed by atoms with Crippen molar-refractivity contribution >= 4 is 17.5 Å². The number of nitrogens with zero attached hydrogens (tertiary/aromatic N) is 2. The van der Waals surface area contributed by atoms with Crippen LogP contribution in [0.4, 0.5) is 10.1 Å². The molecular formula is C15H18FN3O4. The summed E-state index contributed by atoms with van der Waals surface area (Å²) in [4.78, 5) is 35.8. The zero-order valence-electron chi connectivity index (χ0n) is 12.8. The Morgan fingerprint density at radius 3 is 2.87 bits per heavy atom. The van der Waals surface area contributed by atoms with Crippen LogP contribution in [0.25, 0.3) is 0 Å². The van der Waals surface area contributed by atoms with Crippen molar-refractivity contribution in [1.29, 1.82) is 0 Å². The van der Waals surface area contributed by atoms with Crippen LogP contribution in [-0.2, 0) is 4.79 Å². The van der Waals surface area contributed by atoms with E-state index in [1.165, 1.54) is 0 Å². The first-order valence-corrected chi connectivity index (χ1v) is 7.41. The Morgan fingerprint density at radius 1 is 1.48 bits per heavy atom. The van der Waals surface area contributed by atoms with Crippen LogP contribution in [0.2, 0.25) is 0 Å². The van der Waals surface area contributed by atoms with Crippen LogP contribution in [0.3, 0.4) is 0 Å². The lowest BCUT2D eigenvalue weighted by Crippen LogP contribution is -2.47. The van der Waals surface area contributed by atoms with Gasteiger partial charge in [-0.05, 0) is 31.9 Å². The number of nitro groups is 1. The third-order valence-corrected chi connectivity index (χ3v) is 3.85. The fraction of sp³-hybridized carbons (Fsp3) is 0.467. The number of hydrogen-bond acceptors (Lipinski definition) is 4. The van der Waals surface area contributed by atoms with Crippen LogP contribution in [-0.4, -0.2) is 40.8 Å². The minimum atomic E-state index is -0.730. The van der Waals surface area contributed by atoms with Crippen molar-refractivity contribution in [3.63, 3.8) is 0 Å². The van der Waals surface area contributed by atoms with Gasteiger partial charge < -0.3 is 10.2 Å². The highest BCUT2D eigenvalue weighted by Gasteiger charge is 2.25. The van der Waals surface area contributed by atoms with Crippen LogP contribution in [0.1, 0.15) is 36.5 Å². The van der Waals surface area contributed by atoms with E-state index in [9.17, 15) is 24.1 Å². The number of carbonyl (C=O) groups excluding carboxylic acids is 2. The van der Waals surface area contributed by atoms with E-state index in [1.54, 1.807) is 11.8 Å². The molecule has 124 valence electrons. The molecule has 1 aliphatic rings. The average molecular weight is 323 g/mol. The summed E-state index contributed by atoms with van der Waals surface area (Å²) in [6, 6.07) is 2.51. The number of hydrogen-bond donors (Lipinski definition) is 1. The van der Waals surface area contributed by atoms with Crippen LogP contribution < -0.4 is 5.32 Å². The van der Waals surface area contributed by atoms with Gasteiger partial charge in [0.1, 0.15) is 11.4 Å². The molecule has 0 radical (unpaired) electrons. The Hall–Kier alpha value is -2.51. The predicted octanol–water partition coefficient (Wildman–Crippen LogP) is 1.86. The van der Waals surface area contributed by atoms with Gasteiger partial charge in [0.2, 0.25) is 5.91 Å². The molecule has 0 saturated carbocycles. The highest BCUT2D eigenvalue weighted by Crippen LogP contribution is 2.19. The molecule has 1 heterocycles. The van der Waals surface area contributed by atoms with Gasteiger partial charge in [-0.2, -0.15) is 0 Å². The summed E-state index contributed by atoms with van der Waals surface area (Å²) in [5, 5.41) is 13.5. The molecule has 2 rings (SSSR count). The Bertz CT molecular complexity index is 635. The minimum absolute atomic E-state index is 0.0368. The number of rotatable bonds is 5. The first kappa shape index (κ1) is 16.9. The van der Waals surface area contributed by atoms with Crippen molar-refractivity contribution in [2.45, 2.75) is 32.2 Å². The molecule has 0 aromatic heterocycles. The molecule has 1 aromatic carbocycles. The zero-order chi connectivity index (χ0) is 17.0. The van der Waals surface area contributed by atoms with Crippen molar-refractivity contribution < 1.29 is 18.9 Å². The summed E-state index contributed by atoms with van der Waals surface area (Å²) in [6.07, 6.45) is 2.27. The van der Waals surface area contributed by atoms with E-state index < -0.39 is 22.3 Å². The van der Waals surface area contributed by atoms with Gasteiger partial charge in [-0.25, -0.2) is 4.39 Å². The Kier molecular flexibility index (Phi) is 5.25. The first-order valence-electron chi connectivity index (χ1n) is 7.41. The van der Waals surface area contributed by atoms with E-state index in [-0.39, 0.29) is 24.1 Å². The van der Waals surface area contributed by atoms with Gasteiger partial charge >= 0.3 is 0 Å². The summed E-state index contributed by atoms with van der Waals surface area (Å²) in [7, 11) is 0. The molecule has 1 aromatic rings. The number of amides is 2. The van der Waals surface area contributed by atoms with Crippen molar-refractivity contribution in [3.8, 4) is 0 Å². The zero-order valence-corrected chi connectivity index (χ0v) is 12.8. The lowest BCUT2D eigenvalue weighted by atomic mass is 10.1. The first-order chi connectivity index (χ1) is 10.9. The average Bonchev–Trinajstić information content (AvgIpc) is 2.52. The van der Waals surface area contributed by atoms with E-state index in [2.05, 4.69) is 5.32 Å². The molecule has 0 bridgehead atoms. The predicted molar refractivity (Wildman–Crippen MR) is 80.4 cm³/mol. The molecule has 7 nitrogen and oxygen atoms in total. The molecule has 1 atom stereocenters. The number of likely N-dealkylation sites (tertiary alicyclic amines) is 1. The Morgan fingerprint density at radius 2 is 2.22 bits per heavy atom. The molecule has 2 amide bonds. The molecule has 1 saturated heterocycles. The summed E-state index contributed by atoms with van der Waals surface area (Å²) in [6.45, 7) is 2.58. The second kappa shape index (κ2) is 7.17. The van der Waals surface area contributed by atoms with Gasteiger partial charge in [-0.15, -0.1) is 0 Å². The summed E-state index contributed by atoms with van der Waals surface area (Å²) < 4.78 is 13.3. The van der Waals surface area contributed by atoms with E-state index in [0.717, 1.165) is 31.0 Å². The van der Waals surface area contributed by atoms with Crippen molar-refractivity contribution in [2.75, 3.05) is 13.1 Å². The molecule has 0 spiro atoms. The van der Waals surface area contributed by atoms with Gasteiger partial charge in [-0.1, -0.05) is 0 Å². The van der Waals surface area contributed by atoms with Crippen molar-refractivity contribution in [2.24, 2.45) is 0 Å².